The van der Waals surface area contributed by atoms with Crippen LogP contribution >= 0.6 is 0 Å². The predicted octanol–water partition coefficient (Wildman–Crippen LogP) is 1.01. The third-order valence-electron chi connectivity index (χ3n) is 4.18. The summed E-state index contributed by atoms with van der Waals surface area (Å²) in [5.41, 5.74) is 0. The van der Waals surface area contributed by atoms with Crippen molar-refractivity contribution in [1.82, 2.24) is 15.5 Å². The molecule has 1 aliphatic heterocycles. The highest BCUT2D eigenvalue weighted by Crippen LogP contribution is 2.19. The monoisotopic (exact) mass is 327 g/mol. The molecule has 0 radical (unpaired) electrons. The van der Waals surface area contributed by atoms with Crippen LogP contribution in [-0.4, -0.2) is 62.7 Å². The van der Waals surface area contributed by atoms with Crippen molar-refractivity contribution in [3.05, 3.63) is 0 Å². The molecule has 6 heteroatoms. The molecule has 0 spiro atoms. The van der Waals surface area contributed by atoms with Crippen molar-refractivity contribution in [1.29, 1.82) is 0 Å². The summed E-state index contributed by atoms with van der Waals surface area (Å²) in [6, 6.07) is 0. The number of carbonyl (C=O) groups excluding carboxylic acids is 2. The van der Waals surface area contributed by atoms with E-state index in [1.54, 1.807) is 0 Å². The molecule has 0 aliphatic carbocycles. The number of likely N-dealkylation sites (tertiary alicyclic amines) is 1. The average molecular weight is 327 g/mol. The number of nitrogens with one attached hydrogen (secondary N) is 2. The van der Waals surface area contributed by atoms with Gasteiger partial charge in [-0.3, -0.25) is 9.59 Å². The summed E-state index contributed by atoms with van der Waals surface area (Å²) in [5, 5.41) is 6.01. The van der Waals surface area contributed by atoms with Gasteiger partial charge in [0, 0.05) is 44.6 Å². The summed E-state index contributed by atoms with van der Waals surface area (Å²) >= 11 is 0. The smallest absolute Gasteiger partial charge is 0.226 e. The van der Waals surface area contributed by atoms with Crippen LogP contribution in [0.5, 0.6) is 0 Å². The number of carbonyl (C=O) groups is 2. The van der Waals surface area contributed by atoms with Crippen molar-refractivity contribution in [2.45, 2.75) is 46.1 Å². The van der Waals surface area contributed by atoms with Crippen LogP contribution in [0.2, 0.25) is 0 Å². The maximum atomic E-state index is 12.2. The van der Waals surface area contributed by atoms with Gasteiger partial charge in [0.05, 0.1) is 6.10 Å². The fourth-order valence-corrected chi connectivity index (χ4v) is 2.81. The summed E-state index contributed by atoms with van der Waals surface area (Å²) in [6.07, 6.45) is 2.58. The number of nitrogens with zero attached hydrogens (tertiary/aromatic N) is 1. The van der Waals surface area contributed by atoms with Gasteiger partial charge in [0.15, 0.2) is 0 Å². The van der Waals surface area contributed by atoms with E-state index in [4.69, 9.17) is 4.74 Å². The second-order valence-corrected chi connectivity index (χ2v) is 6.62. The first-order valence-corrected chi connectivity index (χ1v) is 8.78. The fourth-order valence-electron chi connectivity index (χ4n) is 2.81. The molecule has 1 unspecified atom stereocenters. The third kappa shape index (κ3) is 7.31. The van der Waals surface area contributed by atoms with E-state index in [1.807, 2.05) is 32.7 Å². The van der Waals surface area contributed by atoms with Gasteiger partial charge < -0.3 is 20.3 Å². The van der Waals surface area contributed by atoms with Gasteiger partial charge in [-0.25, -0.2) is 0 Å². The highest BCUT2D eigenvalue weighted by molar-refractivity contribution is 5.81. The Hall–Kier alpha value is -1.14. The zero-order valence-corrected chi connectivity index (χ0v) is 15.1. The summed E-state index contributed by atoms with van der Waals surface area (Å²) in [5.74, 6) is 0.324. The van der Waals surface area contributed by atoms with Crippen LogP contribution in [0.15, 0.2) is 0 Å². The molecule has 0 aromatic heterocycles. The molecule has 23 heavy (non-hydrogen) atoms. The normalized spacial score (nSPS) is 17.3. The van der Waals surface area contributed by atoms with E-state index < -0.39 is 0 Å². The molecule has 1 rings (SSSR count). The number of hydrogen-bond donors (Lipinski definition) is 2. The number of piperidine rings is 1. The van der Waals surface area contributed by atoms with Gasteiger partial charge in [0.25, 0.3) is 0 Å². The number of amides is 2. The lowest BCUT2D eigenvalue weighted by atomic mass is 9.95. The SMILES string of the molecule is CNCC(C)C(=O)N1CCC(C(=O)NCCCOC(C)C)CC1. The van der Waals surface area contributed by atoms with E-state index in [1.165, 1.54) is 0 Å². The van der Waals surface area contributed by atoms with E-state index in [0.29, 0.717) is 32.8 Å². The Bertz CT molecular complexity index is 366. The van der Waals surface area contributed by atoms with Gasteiger partial charge in [-0.2, -0.15) is 0 Å². The Kier molecular flexibility index (Phi) is 9.17. The van der Waals surface area contributed by atoms with E-state index in [9.17, 15) is 9.59 Å². The molecule has 6 nitrogen and oxygen atoms in total. The quantitative estimate of drug-likeness (QED) is 0.620. The topological polar surface area (TPSA) is 70.7 Å². The molecular formula is C17H33N3O3. The lowest BCUT2D eigenvalue weighted by Gasteiger charge is -2.33. The van der Waals surface area contributed by atoms with Crippen LogP contribution in [0.25, 0.3) is 0 Å². The Labute approximate surface area is 140 Å². The maximum Gasteiger partial charge on any atom is 0.226 e. The molecular weight excluding hydrogens is 294 g/mol. The molecule has 0 aromatic rings. The minimum absolute atomic E-state index is 0.00802. The largest absolute Gasteiger partial charge is 0.379 e. The van der Waals surface area contributed by atoms with E-state index >= 15 is 0 Å². The van der Waals surface area contributed by atoms with Gasteiger partial charge in [0.1, 0.15) is 0 Å². The first-order valence-electron chi connectivity index (χ1n) is 8.78. The van der Waals surface area contributed by atoms with Crippen molar-refractivity contribution >= 4 is 11.8 Å². The lowest BCUT2D eigenvalue weighted by Crippen LogP contribution is -2.46. The van der Waals surface area contributed by atoms with Crippen LogP contribution in [0.4, 0.5) is 0 Å². The summed E-state index contributed by atoms with van der Waals surface area (Å²) < 4.78 is 5.45. The van der Waals surface area contributed by atoms with E-state index in [0.717, 1.165) is 19.3 Å². The van der Waals surface area contributed by atoms with Crippen LogP contribution in [0.1, 0.15) is 40.0 Å². The van der Waals surface area contributed by atoms with Crippen LogP contribution in [0.3, 0.4) is 0 Å². The highest BCUT2D eigenvalue weighted by atomic mass is 16.5. The minimum atomic E-state index is -0.00802. The van der Waals surface area contributed by atoms with E-state index in [-0.39, 0.29) is 29.8 Å². The maximum absolute atomic E-state index is 12.2. The molecule has 1 fully saturated rings. The Morgan fingerprint density at radius 2 is 1.87 bits per heavy atom. The fraction of sp³-hybridized carbons (Fsp3) is 0.882. The van der Waals surface area contributed by atoms with Gasteiger partial charge in [-0.1, -0.05) is 6.92 Å². The Morgan fingerprint density at radius 3 is 2.43 bits per heavy atom. The van der Waals surface area contributed by atoms with Crippen molar-refractivity contribution < 1.29 is 14.3 Å². The van der Waals surface area contributed by atoms with Gasteiger partial charge >= 0.3 is 0 Å². The lowest BCUT2D eigenvalue weighted by molar-refractivity contribution is -0.138. The molecule has 1 heterocycles. The number of hydrogen-bond acceptors (Lipinski definition) is 4. The highest BCUT2D eigenvalue weighted by Gasteiger charge is 2.28. The Morgan fingerprint density at radius 1 is 1.22 bits per heavy atom. The van der Waals surface area contributed by atoms with Crippen LogP contribution in [-0.2, 0) is 14.3 Å². The van der Waals surface area contributed by atoms with Crippen molar-refractivity contribution in [2.24, 2.45) is 11.8 Å². The van der Waals surface area contributed by atoms with Crippen molar-refractivity contribution in [2.75, 3.05) is 39.8 Å². The molecule has 2 amide bonds. The summed E-state index contributed by atoms with van der Waals surface area (Å²) in [6.45, 7) is 9.34. The zero-order chi connectivity index (χ0) is 17.2. The van der Waals surface area contributed by atoms with E-state index in [2.05, 4.69) is 10.6 Å². The number of ether oxygens (including phenoxy) is 1. The number of rotatable bonds is 9. The summed E-state index contributed by atoms with van der Waals surface area (Å²) in [7, 11) is 1.85. The molecule has 134 valence electrons. The second kappa shape index (κ2) is 10.6. The van der Waals surface area contributed by atoms with Crippen molar-refractivity contribution in [3.8, 4) is 0 Å². The van der Waals surface area contributed by atoms with Crippen LogP contribution < -0.4 is 10.6 Å². The van der Waals surface area contributed by atoms with Gasteiger partial charge in [-0.05, 0) is 40.2 Å². The zero-order valence-electron chi connectivity index (χ0n) is 15.1. The molecule has 0 aromatic carbocycles. The Balaban J connectivity index is 2.22. The van der Waals surface area contributed by atoms with Crippen molar-refractivity contribution in [3.63, 3.8) is 0 Å². The molecule has 1 saturated heterocycles. The molecule has 1 aliphatic rings. The van der Waals surface area contributed by atoms with Gasteiger partial charge in [-0.15, -0.1) is 0 Å². The first kappa shape index (κ1) is 19.9. The average Bonchev–Trinajstić information content (AvgIpc) is 2.53. The molecule has 2 N–H and O–H groups in total. The second-order valence-electron chi connectivity index (χ2n) is 6.62. The van der Waals surface area contributed by atoms with Crippen LogP contribution in [0, 0.1) is 11.8 Å². The molecule has 0 saturated carbocycles. The third-order valence-corrected chi connectivity index (χ3v) is 4.18. The predicted molar refractivity (Wildman–Crippen MR) is 91.1 cm³/mol. The van der Waals surface area contributed by atoms with Gasteiger partial charge in [0.2, 0.25) is 11.8 Å². The standard InChI is InChI=1S/C17H33N3O3/c1-13(2)23-11-5-8-19-16(21)15-6-9-20(10-7-15)17(22)14(3)12-18-4/h13-15,18H,5-12H2,1-4H3,(H,19,21). The minimum Gasteiger partial charge on any atom is -0.379 e. The summed E-state index contributed by atoms with van der Waals surface area (Å²) in [4.78, 5) is 26.3. The molecule has 0 bridgehead atoms. The first-order chi connectivity index (χ1) is 11.0. The molecule has 1 atom stereocenters.